The summed E-state index contributed by atoms with van der Waals surface area (Å²) < 4.78 is 0. The van der Waals surface area contributed by atoms with E-state index in [0.29, 0.717) is 13.1 Å². The van der Waals surface area contributed by atoms with Gasteiger partial charge in [0.05, 0.1) is 6.61 Å². The molecule has 0 spiro atoms. The molecular weight excluding hydrogens is 108 g/mol. The van der Waals surface area contributed by atoms with Gasteiger partial charge in [-0.1, -0.05) is 0 Å². The Morgan fingerprint density at radius 3 is 2.38 bits per heavy atom. The second-order valence-electron chi connectivity index (χ2n) is 1.47. The van der Waals surface area contributed by atoms with Crippen molar-refractivity contribution in [2.24, 2.45) is 5.73 Å². The normalized spacial score (nSPS) is 10.5. The lowest BCUT2D eigenvalue weighted by Crippen LogP contribution is -2.28. The van der Waals surface area contributed by atoms with Gasteiger partial charge in [0, 0.05) is 19.6 Å². The maximum atomic E-state index is 8.64. The van der Waals surface area contributed by atoms with Gasteiger partial charge in [-0.3, -0.25) is 0 Å². The van der Waals surface area contributed by atoms with Crippen LogP contribution in [0, 0.1) is 0 Å². The molecule has 0 aromatic rings. The highest BCUT2D eigenvalue weighted by Crippen LogP contribution is 1.74. The van der Waals surface area contributed by atoms with Crippen molar-refractivity contribution in [3.05, 3.63) is 0 Å². The first-order valence-electron chi connectivity index (χ1n) is 2.56. The molecule has 50 valence electrons. The molecule has 0 saturated carbocycles. The van der Waals surface area contributed by atoms with Crippen LogP contribution in [0.2, 0.25) is 0 Å². The Kier molecular flexibility index (Phi) is 4.89. The number of hydrogen-bond acceptors (Lipinski definition) is 4. The number of aliphatic hydroxyl groups is 1. The average Bonchev–Trinajstić information content (AvgIpc) is 1.68. The van der Waals surface area contributed by atoms with E-state index in [1.807, 2.05) is 0 Å². The quantitative estimate of drug-likeness (QED) is 0.400. The van der Waals surface area contributed by atoms with Gasteiger partial charge in [-0.25, -0.2) is 0 Å². The summed E-state index contributed by atoms with van der Waals surface area (Å²) in [6, 6.07) is 0. The molecule has 0 rings (SSSR count). The van der Waals surface area contributed by atoms with Crippen LogP contribution in [0.1, 0.15) is 0 Å². The van der Waals surface area contributed by atoms with Crippen molar-refractivity contribution in [1.82, 2.24) is 5.06 Å². The standard InChI is InChI=1S/C4H12N2O2/c5-1-2-6(8)3-4-7/h7-8H,1-5H2. The molecule has 0 aromatic heterocycles. The molecule has 4 heteroatoms. The SMILES string of the molecule is NCCN(O)CCO. The van der Waals surface area contributed by atoms with Crippen molar-refractivity contribution >= 4 is 0 Å². The van der Waals surface area contributed by atoms with Crippen molar-refractivity contribution in [1.29, 1.82) is 0 Å². The Morgan fingerprint density at radius 1 is 1.38 bits per heavy atom. The van der Waals surface area contributed by atoms with Crippen molar-refractivity contribution in [3.63, 3.8) is 0 Å². The minimum Gasteiger partial charge on any atom is -0.395 e. The number of rotatable bonds is 4. The highest BCUT2D eigenvalue weighted by molar-refractivity contribution is 4.41. The molecule has 0 bridgehead atoms. The second-order valence-corrected chi connectivity index (χ2v) is 1.47. The van der Waals surface area contributed by atoms with Gasteiger partial charge in [-0.15, -0.1) is 0 Å². The third kappa shape index (κ3) is 4.01. The van der Waals surface area contributed by atoms with E-state index in [1.165, 1.54) is 0 Å². The number of nitrogens with zero attached hydrogens (tertiary/aromatic N) is 1. The van der Waals surface area contributed by atoms with Gasteiger partial charge in [0.1, 0.15) is 0 Å². The fourth-order valence-electron chi connectivity index (χ4n) is 0.376. The zero-order chi connectivity index (χ0) is 6.41. The summed E-state index contributed by atoms with van der Waals surface area (Å²) in [4.78, 5) is 0. The predicted molar refractivity (Wildman–Crippen MR) is 29.5 cm³/mol. The van der Waals surface area contributed by atoms with Gasteiger partial charge >= 0.3 is 0 Å². The highest BCUT2D eigenvalue weighted by Gasteiger charge is 1.93. The Morgan fingerprint density at radius 2 is 2.00 bits per heavy atom. The van der Waals surface area contributed by atoms with Crippen molar-refractivity contribution in [2.45, 2.75) is 0 Å². The van der Waals surface area contributed by atoms with Crippen molar-refractivity contribution in [2.75, 3.05) is 26.2 Å². The summed E-state index contributed by atoms with van der Waals surface area (Å²) >= 11 is 0. The molecule has 0 saturated heterocycles. The van der Waals surface area contributed by atoms with Crippen LogP contribution >= 0.6 is 0 Å². The van der Waals surface area contributed by atoms with E-state index in [1.54, 1.807) is 0 Å². The van der Waals surface area contributed by atoms with E-state index in [-0.39, 0.29) is 13.2 Å². The van der Waals surface area contributed by atoms with E-state index in [9.17, 15) is 0 Å². The van der Waals surface area contributed by atoms with Gasteiger partial charge in [0.15, 0.2) is 0 Å². The first kappa shape index (κ1) is 7.84. The maximum absolute atomic E-state index is 8.64. The maximum Gasteiger partial charge on any atom is 0.0581 e. The summed E-state index contributed by atoms with van der Waals surface area (Å²) in [7, 11) is 0. The summed E-state index contributed by atoms with van der Waals surface area (Å²) in [6.07, 6.45) is 0. The van der Waals surface area contributed by atoms with E-state index in [0.717, 1.165) is 5.06 Å². The molecule has 0 aliphatic rings. The molecule has 0 amide bonds. The first-order chi connectivity index (χ1) is 3.81. The lowest BCUT2D eigenvalue weighted by Gasteiger charge is -2.09. The summed E-state index contributed by atoms with van der Waals surface area (Å²) in [5.41, 5.74) is 5.08. The van der Waals surface area contributed by atoms with Crippen LogP contribution < -0.4 is 5.73 Å². The van der Waals surface area contributed by atoms with E-state index in [4.69, 9.17) is 16.0 Å². The van der Waals surface area contributed by atoms with E-state index in [2.05, 4.69) is 0 Å². The van der Waals surface area contributed by atoms with Crippen LogP contribution in [0.25, 0.3) is 0 Å². The Bertz CT molecular complexity index is 45.3. The van der Waals surface area contributed by atoms with E-state index >= 15 is 0 Å². The molecular formula is C4H12N2O2. The molecule has 0 aliphatic heterocycles. The molecule has 0 aromatic carbocycles. The Hall–Kier alpha value is -0.160. The molecule has 0 atom stereocenters. The number of nitrogens with two attached hydrogens (primary N) is 1. The third-order valence-corrected chi connectivity index (χ3v) is 0.745. The van der Waals surface area contributed by atoms with Crippen molar-refractivity contribution < 1.29 is 10.3 Å². The van der Waals surface area contributed by atoms with E-state index < -0.39 is 0 Å². The summed E-state index contributed by atoms with van der Waals surface area (Å²) in [6.45, 7) is 1.07. The monoisotopic (exact) mass is 120 g/mol. The predicted octanol–water partition coefficient (Wildman–Crippen LogP) is -1.37. The van der Waals surface area contributed by atoms with Crippen LogP contribution in [0.15, 0.2) is 0 Å². The third-order valence-electron chi connectivity index (χ3n) is 0.745. The fraction of sp³-hybridized carbons (Fsp3) is 1.00. The molecule has 4 nitrogen and oxygen atoms in total. The zero-order valence-electron chi connectivity index (χ0n) is 4.75. The van der Waals surface area contributed by atoms with Gasteiger partial charge in [-0.05, 0) is 0 Å². The Labute approximate surface area is 48.5 Å². The molecule has 0 unspecified atom stereocenters. The Balaban J connectivity index is 2.92. The number of aliphatic hydroxyl groups excluding tert-OH is 1. The second kappa shape index (κ2) is 4.99. The van der Waals surface area contributed by atoms with Crippen LogP contribution in [0.5, 0.6) is 0 Å². The van der Waals surface area contributed by atoms with Gasteiger partial charge < -0.3 is 16.0 Å². The fourth-order valence-corrected chi connectivity index (χ4v) is 0.376. The molecule has 0 radical (unpaired) electrons. The largest absolute Gasteiger partial charge is 0.395 e. The van der Waals surface area contributed by atoms with Gasteiger partial charge in [0.25, 0.3) is 0 Å². The average molecular weight is 120 g/mol. The zero-order valence-corrected chi connectivity index (χ0v) is 4.75. The van der Waals surface area contributed by atoms with Gasteiger partial charge in [-0.2, -0.15) is 5.06 Å². The smallest absolute Gasteiger partial charge is 0.0581 e. The topological polar surface area (TPSA) is 69.7 Å². The molecule has 0 fully saturated rings. The number of hydrogen-bond donors (Lipinski definition) is 3. The summed E-state index contributed by atoms with van der Waals surface area (Å²) in [5.74, 6) is 0. The lowest BCUT2D eigenvalue weighted by molar-refractivity contribution is -0.0955. The minimum atomic E-state index is -0.0312. The molecule has 8 heavy (non-hydrogen) atoms. The van der Waals surface area contributed by atoms with Crippen LogP contribution in [0.4, 0.5) is 0 Å². The van der Waals surface area contributed by atoms with Gasteiger partial charge in [0.2, 0.25) is 0 Å². The highest BCUT2D eigenvalue weighted by atomic mass is 16.5. The van der Waals surface area contributed by atoms with Crippen LogP contribution in [-0.2, 0) is 0 Å². The summed E-state index contributed by atoms with van der Waals surface area (Å²) in [5, 5.41) is 17.8. The van der Waals surface area contributed by atoms with Crippen LogP contribution in [-0.4, -0.2) is 41.6 Å². The first-order valence-corrected chi connectivity index (χ1v) is 2.56. The molecule has 4 N–H and O–H groups in total. The molecule has 0 heterocycles. The van der Waals surface area contributed by atoms with Crippen LogP contribution in [0.3, 0.4) is 0 Å². The number of hydroxylamine groups is 2. The lowest BCUT2D eigenvalue weighted by atomic mass is 10.6. The minimum absolute atomic E-state index is 0.0312. The van der Waals surface area contributed by atoms with Crippen molar-refractivity contribution in [3.8, 4) is 0 Å². The molecule has 0 aliphatic carbocycles.